The SMILES string of the molecule is CC(C)Sc1c(Cl)cccc1NC(=O)NCCO. The molecule has 0 radical (unpaired) electrons. The van der Waals surface area contributed by atoms with Crippen molar-refractivity contribution >= 4 is 35.1 Å². The standard InChI is InChI=1S/C12H17ClN2O2S/c1-8(2)18-11-9(13)4-3-5-10(11)15-12(17)14-6-7-16/h3-5,8,16H,6-7H2,1-2H3,(H2,14,15,17). The van der Waals surface area contributed by atoms with Crippen LogP contribution in [-0.4, -0.2) is 29.5 Å². The zero-order valence-corrected chi connectivity index (χ0v) is 11.9. The van der Waals surface area contributed by atoms with Crippen molar-refractivity contribution in [1.29, 1.82) is 0 Å². The molecule has 100 valence electrons. The van der Waals surface area contributed by atoms with Gasteiger partial charge in [0.2, 0.25) is 0 Å². The molecule has 18 heavy (non-hydrogen) atoms. The maximum Gasteiger partial charge on any atom is 0.319 e. The highest BCUT2D eigenvalue weighted by Gasteiger charge is 2.11. The summed E-state index contributed by atoms with van der Waals surface area (Å²) in [6, 6.07) is 5.03. The van der Waals surface area contributed by atoms with Gasteiger partial charge in [-0.1, -0.05) is 31.5 Å². The Morgan fingerprint density at radius 3 is 2.83 bits per heavy atom. The fraction of sp³-hybridized carbons (Fsp3) is 0.417. The highest BCUT2D eigenvalue weighted by molar-refractivity contribution is 8.00. The molecule has 1 aromatic rings. The van der Waals surface area contributed by atoms with E-state index in [1.807, 2.05) is 0 Å². The van der Waals surface area contributed by atoms with Gasteiger partial charge in [0.15, 0.2) is 0 Å². The van der Waals surface area contributed by atoms with Crippen LogP contribution < -0.4 is 10.6 Å². The van der Waals surface area contributed by atoms with E-state index in [0.29, 0.717) is 16.0 Å². The van der Waals surface area contributed by atoms with Crippen molar-refractivity contribution in [2.24, 2.45) is 0 Å². The molecular weight excluding hydrogens is 272 g/mol. The maximum atomic E-state index is 11.5. The number of rotatable bonds is 5. The van der Waals surface area contributed by atoms with E-state index in [1.165, 1.54) is 0 Å². The van der Waals surface area contributed by atoms with Gasteiger partial charge in [0.25, 0.3) is 0 Å². The summed E-state index contributed by atoms with van der Waals surface area (Å²) in [7, 11) is 0. The Morgan fingerprint density at radius 1 is 1.50 bits per heavy atom. The molecule has 0 atom stereocenters. The van der Waals surface area contributed by atoms with E-state index in [-0.39, 0.29) is 19.2 Å². The Morgan fingerprint density at radius 2 is 2.22 bits per heavy atom. The molecule has 0 unspecified atom stereocenters. The molecule has 0 saturated carbocycles. The minimum Gasteiger partial charge on any atom is -0.395 e. The molecule has 6 heteroatoms. The zero-order chi connectivity index (χ0) is 13.5. The maximum absolute atomic E-state index is 11.5. The minimum atomic E-state index is -0.350. The van der Waals surface area contributed by atoms with Crippen LogP contribution in [0.2, 0.25) is 5.02 Å². The molecule has 0 aromatic heterocycles. The number of nitrogens with one attached hydrogen (secondary N) is 2. The third-order valence-corrected chi connectivity index (χ3v) is 3.54. The molecule has 0 aliphatic rings. The first kappa shape index (κ1) is 15.1. The summed E-state index contributed by atoms with van der Waals surface area (Å²) in [5, 5.41) is 14.9. The lowest BCUT2D eigenvalue weighted by Gasteiger charge is -2.14. The number of benzene rings is 1. The van der Waals surface area contributed by atoms with Crippen LogP contribution in [0.4, 0.5) is 10.5 Å². The zero-order valence-electron chi connectivity index (χ0n) is 10.4. The van der Waals surface area contributed by atoms with Crippen molar-refractivity contribution in [3.63, 3.8) is 0 Å². The number of hydrogen-bond acceptors (Lipinski definition) is 3. The first-order chi connectivity index (χ1) is 8.54. The first-order valence-corrected chi connectivity index (χ1v) is 6.91. The van der Waals surface area contributed by atoms with Crippen LogP contribution in [0.3, 0.4) is 0 Å². The van der Waals surface area contributed by atoms with Crippen molar-refractivity contribution in [2.45, 2.75) is 24.0 Å². The van der Waals surface area contributed by atoms with Crippen molar-refractivity contribution < 1.29 is 9.90 Å². The normalized spacial score (nSPS) is 10.5. The van der Waals surface area contributed by atoms with E-state index in [0.717, 1.165) is 4.90 Å². The average Bonchev–Trinajstić information content (AvgIpc) is 2.30. The van der Waals surface area contributed by atoms with Crippen LogP contribution in [0.1, 0.15) is 13.8 Å². The molecule has 2 amide bonds. The Bertz CT molecular complexity index is 413. The Labute approximate surface area is 116 Å². The van der Waals surface area contributed by atoms with Gasteiger partial charge in [0, 0.05) is 16.7 Å². The molecule has 1 aromatic carbocycles. The van der Waals surface area contributed by atoms with Crippen LogP contribution in [-0.2, 0) is 0 Å². The largest absolute Gasteiger partial charge is 0.395 e. The predicted molar refractivity (Wildman–Crippen MR) is 76.6 cm³/mol. The van der Waals surface area contributed by atoms with Gasteiger partial charge in [0.1, 0.15) is 0 Å². The fourth-order valence-electron chi connectivity index (χ4n) is 1.30. The van der Waals surface area contributed by atoms with Crippen LogP contribution in [0.5, 0.6) is 0 Å². The number of carbonyl (C=O) groups excluding carboxylic acids is 1. The second kappa shape index (κ2) is 7.51. The van der Waals surface area contributed by atoms with Gasteiger partial charge in [-0.2, -0.15) is 0 Å². The van der Waals surface area contributed by atoms with E-state index in [9.17, 15) is 4.79 Å². The molecule has 3 N–H and O–H groups in total. The number of halogens is 1. The van der Waals surface area contributed by atoms with Gasteiger partial charge in [-0.25, -0.2) is 4.79 Å². The molecule has 4 nitrogen and oxygen atoms in total. The summed E-state index contributed by atoms with van der Waals surface area (Å²) in [6.07, 6.45) is 0. The van der Waals surface area contributed by atoms with E-state index >= 15 is 0 Å². The summed E-state index contributed by atoms with van der Waals surface area (Å²) in [6.45, 7) is 4.25. The van der Waals surface area contributed by atoms with Crippen molar-refractivity contribution in [2.75, 3.05) is 18.5 Å². The third kappa shape index (κ3) is 4.76. The van der Waals surface area contributed by atoms with Crippen molar-refractivity contribution in [3.8, 4) is 0 Å². The molecule has 1 rings (SSSR count). The van der Waals surface area contributed by atoms with Gasteiger partial charge in [-0.05, 0) is 12.1 Å². The van der Waals surface area contributed by atoms with Gasteiger partial charge in [-0.3, -0.25) is 0 Å². The number of aliphatic hydroxyl groups excluding tert-OH is 1. The first-order valence-electron chi connectivity index (χ1n) is 5.65. The Hall–Kier alpha value is -0.910. The van der Waals surface area contributed by atoms with Gasteiger partial charge < -0.3 is 15.7 Å². The average molecular weight is 289 g/mol. The lowest BCUT2D eigenvalue weighted by molar-refractivity contribution is 0.244. The molecule has 0 saturated heterocycles. The van der Waals surface area contributed by atoms with Gasteiger partial charge in [-0.15, -0.1) is 11.8 Å². The third-order valence-electron chi connectivity index (χ3n) is 1.97. The quantitative estimate of drug-likeness (QED) is 0.730. The number of aliphatic hydroxyl groups is 1. The topological polar surface area (TPSA) is 61.4 Å². The summed E-state index contributed by atoms with van der Waals surface area (Å²) in [5.41, 5.74) is 0.677. The summed E-state index contributed by atoms with van der Waals surface area (Å²) < 4.78 is 0. The molecule has 0 aliphatic carbocycles. The number of urea groups is 1. The fourth-order valence-corrected chi connectivity index (χ4v) is 2.50. The summed E-state index contributed by atoms with van der Waals surface area (Å²) in [5.74, 6) is 0. The van der Waals surface area contributed by atoms with E-state index in [4.69, 9.17) is 16.7 Å². The van der Waals surface area contributed by atoms with Gasteiger partial charge in [0.05, 0.1) is 17.3 Å². The van der Waals surface area contributed by atoms with E-state index in [1.54, 1.807) is 30.0 Å². The number of amides is 2. The van der Waals surface area contributed by atoms with Crippen LogP contribution in [0, 0.1) is 0 Å². The summed E-state index contributed by atoms with van der Waals surface area (Å²) in [4.78, 5) is 12.4. The molecule has 0 bridgehead atoms. The lowest BCUT2D eigenvalue weighted by Crippen LogP contribution is -2.31. The molecule has 0 heterocycles. The van der Waals surface area contributed by atoms with Crippen molar-refractivity contribution in [3.05, 3.63) is 23.2 Å². The smallest absolute Gasteiger partial charge is 0.319 e. The number of hydrogen-bond donors (Lipinski definition) is 3. The molecular formula is C12H17ClN2O2S. The minimum absolute atomic E-state index is 0.0867. The number of carbonyl (C=O) groups is 1. The number of anilines is 1. The Kier molecular flexibility index (Phi) is 6.32. The predicted octanol–water partition coefficient (Wildman–Crippen LogP) is 2.95. The highest BCUT2D eigenvalue weighted by Crippen LogP contribution is 2.36. The Balaban J connectivity index is 2.81. The molecule has 0 aliphatic heterocycles. The monoisotopic (exact) mass is 288 g/mol. The molecule has 0 fully saturated rings. The van der Waals surface area contributed by atoms with E-state index in [2.05, 4.69) is 24.5 Å². The second-order valence-electron chi connectivity index (χ2n) is 3.89. The number of thioether (sulfide) groups is 1. The van der Waals surface area contributed by atoms with Crippen molar-refractivity contribution in [1.82, 2.24) is 5.32 Å². The van der Waals surface area contributed by atoms with Crippen LogP contribution in [0.15, 0.2) is 23.1 Å². The molecule has 0 spiro atoms. The van der Waals surface area contributed by atoms with E-state index < -0.39 is 0 Å². The van der Waals surface area contributed by atoms with Crippen LogP contribution >= 0.6 is 23.4 Å². The second-order valence-corrected chi connectivity index (χ2v) is 5.88. The van der Waals surface area contributed by atoms with Gasteiger partial charge >= 0.3 is 6.03 Å². The van der Waals surface area contributed by atoms with Crippen LogP contribution in [0.25, 0.3) is 0 Å². The highest BCUT2D eigenvalue weighted by atomic mass is 35.5. The summed E-state index contributed by atoms with van der Waals surface area (Å²) >= 11 is 7.72. The lowest BCUT2D eigenvalue weighted by atomic mass is 10.3.